The van der Waals surface area contributed by atoms with Crippen LogP contribution in [-0.2, 0) is 4.74 Å². The lowest BCUT2D eigenvalue weighted by Crippen LogP contribution is -2.44. The van der Waals surface area contributed by atoms with Crippen molar-refractivity contribution in [3.05, 3.63) is 29.6 Å². The second-order valence-electron chi connectivity index (χ2n) is 5.78. The summed E-state index contributed by atoms with van der Waals surface area (Å²) in [6.07, 6.45) is -0.176. The zero-order valence-corrected chi connectivity index (χ0v) is 12.9. The molecule has 4 nitrogen and oxygen atoms in total. The number of nitrogens with one attached hydrogen (secondary N) is 1. The highest BCUT2D eigenvalue weighted by molar-refractivity contribution is 5.31. The van der Waals surface area contributed by atoms with Crippen molar-refractivity contribution in [2.24, 2.45) is 11.3 Å². The van der Waals surface area contributed by atoms with E-state index in [2.05, 4.69) is 26.2 Å². The van der Waals surface area contributed by atoms with Crippen molar-refractivity contribution < 1.29 is 13.9 Å². The fourth-order valence-electron chi connectivity index (χ4n) is 2.26. The van der Waals surface area contributed by atoms with E-state index in [4.69, 9.17) is 15.3 Å². The number of hydrogen-bond donors (Lipinski definition) is 2. The Morgan fingerprint density at radius 1 is 1.35 bits per heavy atom. The van der Waals surface area contributed by atoms with Gasteiger partial charge < -0.3 is 9.47 Å². The average Bonchev–Trinajstić information content (AvgIpc) is 2.37. The Bertz CT molecular complexity index is 432. The van der Waals surface area contributed by atoms with Crippen LogP contribution in [0.25, 0.3) is 0 Å². The summed E-state index contributed by atoms with van der Waals surface area (Å²) in [6.45, 7) is 8.70. The van der Waals surface area contributed by atoms with E-state index in [1.165, 1.54) is 13.2 Å². The van der Waals surface area contributed by atoms with Gasteiger partial charge in [-0.1, -0.05) is 26.8 Å². The molecule has 5 heteroatoms. The molecule has 1 aromatic rings. The van der Waals surface area contributed by atoms with E-state index in [-0.39, 0.29) is 23.3 Å². The highest BCUT2D eigenvalue weighted by Crippen LogP contribution is 2.33. The Labute approximate surface area is 120 Å². The predicted molar refractivity (Wildman–Crippen MR) is 77.9 cm³/mol. The second-order valence-corrected chi connectivity index (χ2v) is 5.78. The maximum atomic E-state index is 13.9. The maximum Gasteiger partial charge on any atom is 0.165 e. The van der Waals surface area contributed by atoms with Crippen molar-refractivity contribution >= 4 is 0 Å². The molecule has 0 saturated heterocycles. The van der Waals surface area contributed by atoms with Crippen LogP contribution in [0.5, 0.6) is 5.75 Å². The minimum absolute atomic E-state index is 0.135. The molecule has 2 unspecified atom stereocenters. The first kappa shape index (κ1) is 16.9. The molecule has 0 aliphatic heterocycles. The molecule has 1 rings (SSSR count). The quantitative estimate of drug-likeness (QED) is 0.623. The fraction of sp³-hybridized carbons (Fsp3) is 0.600. The molecule has 0 aliphatic carbocycles. The Morgan fingerprint density at radius 2 is 2.00 bits per heavy atom. The molecule has 0 bridgehead atoms. The molecule has 0 radical (unpaired) electrons. The number of halogens is 1. The van der Waals surface area contributed by atoms with E-state index in [0.29, 0.717) is 6.61 Å². The number of ether oxygens (including phenoxy) is 2. The third kappa shape index (κ3) is 3.91. The van der Waals surface area contributed by atoms with E-state index in [1.807, 2.05) is 6.92 Å². The number of benzene rings is 1. The van der Waals surface area contributed by atoms with Gasteiger partial charge in [-0.2, -0.15) is 0 Å². The minimum Gasteiger partial charge on any atom is -0.494 e. The molecule has 0 saturated carbocycles. The van der Waals surface area contributed by atoms with Gasteiger partial charge in [0, 0.05) is 6.61 Å². The Kier molecular flexibility index (Phi) is 5.92. The molecule has 114 valence electrons. The average molecular weight is 284 g/mol. The van der Waals surface area contributed by atoms with Gasteiger partial charge in [-0.15, -0.1) is 0 Å². The molecule has 0 aliphatic rings. The fourth-order valence-corrected chi connectivity index (χ4v) is 2.26. The molecule has 20 heavy (non-hydrogen) atoms. The van der Waals surface area contributed by atoms with Crippen LogP contribution in [0.4, 0.5) is 4.39 Å². The highest BCUT2D eigenvalue weighted by Gasteiger charge is 2.33. The summed E-state index contributed by atoms with van der Waals surface area (Å²) in [5, 5.41) is 0. The molecule has 2 atom stereocenters. The van der Waals surface area contributed by atoms with Crippen LogP contribution in [-0.4, -0.2) is 19.8 Å². The normalized spacial score (nSPS) is 14.9. The Morgan fingerprint density at radius 3 is 2.40 bits per heavy atom. The summed E-state index contributed by atoms with van der Waals surface area (Å²) in [7, 11) is 1.44. The zero-order chi connectivity index (χ0) is 15.3. The van der Waals surface area contributed by atoms with Gasteiger partial charge in [0.2, 0.25) is 0 Å². The van der Waals surface area contributed by atoms with Crippen LogP contribution < -0.4 is 16.0 Å². The van der Waals surface area contributed by atoms with Crippen molar-refractivity contribution in [1.82, 2.24) is 5.43 Å². The van der Waals surface area contributed by atoms with Crippen molar-refractivity contribution in [2.75, 3.05) is 13.7 Å². The summed E-state index contributed by atoms with van der Waals surface area (Å²) in [4.78, 5) is 0. The van der Waals surface area contributed by atoms with E-state index in [0.717, 1.165) is 5.56 Å². The van der Waals surface area contributed by atoms with Gasteiger partial charge in [0.15, 0.2) is 11.6 Å². The SMILES string of the molecule is CCOC(C(NN)c1ccc(OC)c(F)c1)C(C)(C)C. The lowest BCUT2D eigenvalue weighted by molar-refractivity contribution is -0.0367. The lowest BCUT2D eigenvalue weighted by Gasteiger charge is -2.36. The molecule has 0 fully saturated rings. The van der Waals surface area contributed by atoms with Gasteiger partial charge in [0.05, 0.1) is 19.3 Å². The van der Waals surface area contributed by atoms with Crippen LogP contribution in [0.3, 0.4) is 0 Å². The Balaban J connectivity index is 3.13. The van der Waals surface area contributed by atoms with Gasteiger partial charge in [-0.05, 0) is 30.0 Å². The van der Waals surface area contributed by atoms with Gasteiger partial charge in [-0.3, -0.25) is 11.3 Å². The van der Waals surface area contributed by atoms with E-state index in [1.54, 1.807) is 12.1 Å². The van der Waals surface area contributed by atoms with E-state index >= 15 is 0 Å². The molecule has 1 aromatic carbocycles. The standard InChI is InChI=1S/C15H25FN2O2/c1-6-20-14(15(2,3)4)13(18-17)10-7-8-12(19-5)11(16)9-10/h7-9,13-14,18H,6,17H2,1-5H3. The van der Waals surface area contributed by atoms with Crippen LogP contribution in [0.15, 0.2) is 18.2 Å². The number of nitrogens with two attached hydrogens (primary N) is 1. The smallest absolute Gasteiger partial charge is 0.165 e. The number of rotatable bonds is 6. The van der Waals surface area contributed by atoms with Crippen LogP contribution in [0.1, 0.15) is 39.3 Å². The number of methoxy groups -OCH3 is 1. The first-order chi connectivity index (χ1) is 9.35. The van der Waals surface area contributed by atoms with Gasteiger partial charge in [-0.25, -0.2) is 4.39 Å². The molecule has 0 aromatic heterocycles. The lowest BCUT2D eigenvalue weighted by atomic mass is 9.82. The molecule has 3 N–H and O–H groups in total. The van der Waals surface area contributed by atoms with Gasteiger partial charge in [0.1, 0.15) is 0 Å². The summed E-state index contributed by atoms with van der Waals surface area (Å²) >= 11 is 0. The number of hydrogen-bond acceptors (Lipinski definition) is 4. The third-order valence-corrected chi connectivity index (χ3v) is 3.22. The summed E-state index contributed by atoms with van der Waals surface area (Å²) in [6, 6.07) is 4.53. The van der Waals surface area contributed by atoms with Crippen molar-refractivity contribution in [2.45, 2.75) is 39.8 Å². The largest absolute Gasteiger partial charge is 0.494 e. The van der Waals surface area contributed by atoms with Crippen LogP contribution in [0.2, 0.25) is 0 Å². The van der Waals surface area contributed by atoms with Crippen molar-refractivity contribution in [1.29, 1.82) is 0 Å². The first-order valence-electron chi connectivity index (χ1n) is 6.76. The van der Waals surface area contributed by atoms with Gasteiger partial charge in [0.25, 0.3) is 0 Å². The molecule has 0 amide bonds. The monoisotopic (exact) mass is 284 g/mol. The van der Waals surface area contributed by atoms with Crippen molar-refractivity contribution in [3.63, 3.8) is 0 Å². The minimum atomic E-state index is -0.408. The molecule has 0 spiro atoms. The summed E-state index contributed by atoms with van der Waals surface area (Å²) in [5.74, 6) is 5.48. The number of hydrazine groups is 1. The molecular weight excluding hydrogens is 259 g/mol. The van der Waals surface area contributed by atoms with E-state index < -0.39 is 5.82 Å². The summed E-state index contributed by atoms with van der Waals surface area (Å²) in [5.41, 5.74) is 3.34. The van der Waals surface area contributed by atoms with Crippen LogP contribution >= 0.6 is 0 Å². The molecule has 0 heterocycles. The highest BCUT2D eigenvalue weighted by atomic mass is 19.1. The predicted octanol–water partition coefficient (Wildman–Crippen LogP) is 2.79. The topological polar surface area (TPSA) is 56.5 Å². The Hall–Kier alpha value is -1.17. The first-order valence-corrected chi connectivity index (χ1v) is 6.76. The van der Waals surface area contributed by atoms with Crippen molar-refractivity contribution in [3.8, 4) is 5.75 Å². The maximum absolute atomic E-state index is 13.9. The zero-order valence-electron chi connectivity index (χ0n) is 12.9. The van der Waals surface area contributed by atoms with E-state index in [9.17, 15) is 4.39 Å². The third-order valence-electron chi connectivity index (χ3n) is 3.22. The van der Waals surface area contributed by atoms with Crippen LogP contribution in [0, 0.1) is 11.2 Å². The summed E-state index contributed by atoms with van der Waals surface area (Å²) < 4.78 is 24.6. The second kappa shape index (κ2) is 7.02. The molecular formula is C15H25FN2O2. The van der Waals surface area contributed by atoms with Gasteiger partial charge >= 0.3 is 0 Å².